The summed E-state index contributed by atoms with van der Waals surface area (Å²) < 4.78 is 9.40. The fourth-order valence-corrected chi connectivity index (χ4v) is 1.89. The average molecular weight is 219 g/mol. The molecule has 0 aromatic carbocycles. The Morgan fingerprint density at radius 1 is 1.31 bits per heavy atom. The predicted octanol–water partition coefficient (Wildman–Crippen LogP) is 0.0956. The highest BCUT2D eigenvalue weighted by atomic mass is 16.5. The molecule has 1 aliphatic rings. The number of aromatic nitrogens is 5. The van der Waals surface area contributed by atoms with E-state index in [-0.39, 0.29) is 0 Å². The molecule has 2 aromatic heterocycles. The lowest BCUT2D eigenvalue weighted by atomic mass is 10.4. The van der Waals surface area contributed by atoms with Crippen molar-refractivity contribution in [2.45, 2.75) is 19.5 Å². The first-order chi connectivity index (χ1) is 7.93. The second-order valence-electron chi connectivity index (χ2n) is 3.75. The molecule has 0 N–H and O–H groups in total. The number of hydrogen-bond acceptors (Lipinski definition) is 4. The minimum Gasteiger partial charge on any atom is -0.379 e. The molecule has 0 radical (unpaired) electrons. The third-order valence-corrected chi connectivity index (χ3v) is 2.70. The molecule has 2 aromatic rings. The molecule has 84 valence electrons. The summed E-state index contributed by atoms with van der Waals surface area (Å²) in [4.78, 5) is 0. The van der Waals surface area contributed by atoms with Gasteiger partial charge in [0.2, 0.25) is 0 Å². The first-order valence-corrected chi connectivity index (χ1v) is 5.39. The summed E-state index contributed by atoms with van der Waals surface area (Å²) in [5.41, 5.74) is 0. The van der Waals surface area contributed by atoms with E-state index in [0.717, 1.165) is 37.8 Å². The Labute approximate surface area is 92.9 Å². The van der Waals surface area contributed by atoms with Crippen LogP contribution in [0.1, 0.15) is 11.6 Å². The Kier molecular flexibility index (Phi) is 2.41. The fourth-order valence-electron chi connectivity index (χ4n) is 1.89. The quantitative estimate of drug-likeness (QED) is 0.718. The second-order valence-corrected chi connectivity index (χ2v) is 3.75. The topological polar surface area (TPSA) is 57.8 Å². The predicted molar refractivity (Wildman–Crippen MR) is 55.9 cm³/mol. The van der Waals surface area contributed by atoms with Gasteiger partial charge >= 0.3 is 0 Å². The van der Waals surface area contributed by atoms with Gasteiger partial charge in [0.1, 0.15) is 12.4 Å². The van der Waals surface area contributed by atoms with Crippen LogP contribution in [-0.2, 0) is 24.2 Å². The van der Waals surface area contributed by atoms with Crippen molar-refractivity contribution in [1.82, 2.24) is 24.5 Å². The van der Waals surface area contributed by atoms with Crippen LogP contribution >= 0.6 is 0 Å². The van der Waals surface area contributed by atoms with Crippen LogP contribution in [-0.4, -0.2) is 37.8 Å². The van der Waals surface area contributed by atoms with Crippen LogP contribution in [0.3, 0.4) is 0 Å². The summed E-state index contributed by atoms with van der Waals surface area (Å²) in [6.45, 7) is 2.97. The molecular formula is C10H13N5O. The van der Waals surface area contributed by atoms with E-state index in [2.05, 4.69) is 19.9 Å². The molecule has 0 amide bonds. The standard InChI is InChI=1S/C10H13N5O/c1-3-11-14(4-1)8-10-13-12-9-2-6-16-7-5-15(9)10/h1,3-4H,2,5-8H2. The van der Waals surface area contributed by atoms with E-state index in [1.165, 1.54) is 0 Å². The SMILES string of the molecule is c1cnn(Cc2nnc3n2CCOCC3)c1. The second kappa shape index (κ2) is 4.05. The smallest absolute Gasteiger partial charge is 0.154 e. The Balaban J connectivity index is 1.87. The fraction of sp³-hybridized carbons (Fsp3) is 0.500. The highest BCUT2D eigenvalue weighted by molar-refractivity contribution is 4.98. The van der Waals surface area contributed by atoms with E-state index in [1.807, 2.05) is 16.9 Å². The molecule has 0 saturated heterocycles. The van der Waals surface area contributed by atoms with Gasteiger partial charge in [-0.15, -0.1) is 10.2 Å². The lowest BCUT2D eigenvalue weighted by Crippen LogP contribution is -2.12. The summed E-state index contributed by atoms with van der Waals surface area (Å²) in [5.74, 6) is 1.96. The van der Waals surface area contributed by atoms with Crippen molar-refractivity contribution in [1.29, 1.82) is 0 Å². The minimum absolute atomic E-state index is 0.667. The maximum absolute atomic E-state index is 5.41. The zero-order valence-electron chi connectivity index (χ0n) is 8.91. The van der Waals surface area contributed by atoms with Gasteiger partial charge in [0.15, 0.2) is 5.82 Å². The van der Waals surface area contributed by atoms with Crippen LogP contribution in [0.4, 0.5) is 0 Å². The number of rotatable bonds is 2. The summed E-state index contributed by atoms with van der Waals surface area (Å²) >= 11 is 0. The normalized spacial score (nSPS) is 15.8. The van der Waals surface area contributed by atoms with Crippen molar-refractivity contribution in [2.24, 2.45) is 0 Å². The zero-order chi connectivity index (χ0) is 10.8. The van der Waals surface area contributed by atoms with Crippen LogP contribution in [0.5, 0.6) is 0 Å². The largest absolute Gasteiger partial charge is 0.379 e. The Bertz CT molecular complexity index is 462. The van der Waals surface area contributed by atoms with Gasteiger partial charge in [-0.3, -0.25) is 4.68 Å². The maximum atomic E-state index is 5.41. The van der Waals surface area contributed by atoms with Gasteiger partial charge in [-0.1, -0.05) is 0 Å². The molecule has 3 heterocycles. The number of nitrogens with zero attached hydrogens (tertiary/aromatic N) is 5. The van der Waals surface area contributed by atoms with Gasteiger partial charge in [0.05, 0.1) is 13.2 Å². The third-order valence-electron chi connectivity index (χ3n) is 2.70. The minimum atomic E-state index is 0.667. The Morgan fingerprint density at radius 3 is 3.19 bits per heavy atom. The molecule has 0 fully saturated rings. The van der Waals surface area contributed by atoms with Crippen LogP contribution in [0.15, 0.2) is 18.5 Å². The summed E-state index contributed by atoms with van der Waals surface area (Å²) in [6.07, 6.45) is 4.53. The molecule has 0 aliphatic carbocycles. The van der Waals surface area contributed by atoms with Gasteiger partial charge in [0, 0.05) is 25.4 Å². The summed E-state index contributed by atoms with van der Waals surface area (Å²) in [7, 11) is 0. The molecule has 6 nitrogen and oxygen atoms in total. The van der Waals surface area contributed by atoms with E-state index in [4.69, 9.17) is 4.74 Å². The third kappa shape index (κ3) is 1.71. The van der Waals surface area contributed by atoms with Crippen molar-refractivity contribution in [3.8, 4) is 0 Å². The number of hydrogen-bond donors (Lipinski definition) is 0. The monoisotopic (exact) mass is 219 g/mol. The molecule has 0 atom stereocenters. The molecule has 0 bridgehead atoms. The van der Waals surface area contributed by atoms with Gasteiger partial charge in [-0.2, -0.15) is 5.10 Å². The van der Waals surface area contributed by atoms with E-state index >= 15 is 0 Å². The van der Waals surface area contributed by atoms with Gasteiger partial charge in [0.25, 0.3) is 0 Å². The van der Waals surface area contributed by atoms with Crippen molar-refractivity contribution < 1.29 is 4.74 Å². The van der Waals surface area contributed by atoms with Crippen LogP contribution < -0.4 is 0 Å². The molecule has 0 spiro atoms. The molecule has 6 heteroatoms. The van der Waals surface area contributed by atoms with Crippen molar-refractivity contribution in [3.05, 3.63) is 30.1 Å². The highest BCUT2D eigenvalue weighted by Gasteiger charge is 2.14. The Morgan fingerprint density at radius 2 is 2.31 bits per heavy atom. The van der Waals surface area contributed by atoms with Crippen LogP contribution in [0.2, 0.25) is 0 Å². The van der Waals surface area contributed by atoms with E-state index in [9.17, 15) is 0 Å². The molecule has 0 saturated carbocycles. The molecule has 16 heavy (non-hydrogen) atoms. The van der Waals surface area contributed by atoms with Gasteiger partial charge in [-0.05, 0) is 6.07 Å². The maximum Gasteiger partial charge on any atom is 0.154 e. The van der Waals surface area contributed by atoms with E-state index in [0.29, 0.717) is 6.54 Å². The average Bonchev–Trinajstić information content (AvgIpc) is 2.86. The molecule has 1 aliphatic heterocycles. The zero-order valence-corrected chi connectivity index (χ0v) is 8.91. The molecular weight excluding hydrogens is 206 g/mol. The van der Waals surface area contributed by atoms with Gasteiger partial charge in [-0.25, -0.2) is 0 Å². The first kappa shape index (κ1) is 9.53. The van der Waals surface area contributed by atoms with E-state index in [1.54, 1.807) is 6.20 Å². The summed E-state index contributed by atoms with van der Waals surface area (Å²) in [6, 6.07) is 1.91. The van der Waals surface area contributed by atoms with Crippen LogP contribution in [0.25, 0.3) is 0 Å². The molecule has 3 rings (SSSR count). The van der Waals surface area contributed by atoms with Crippen molar-refractivity contribution >= 4 is 0 Å². The highest BCUT2D eigenvalue weighted by Crippen LogP contribution is 2.08. The van der Waals surface area contributed by atoms with Crippen LogP contribution in [0, 0.1) is 0 Å². The van der Waals surface area contributed by atoms with Crippen molar-refractivity contribution in [3.63, 3.8) is 0 Å². The van der Waals surface area contributed by atoms with Crippen molar-refractivity contribution in [2.75, 3.05) is 13.2 Å². The molecule has 0 unspecified atom stereocenters. The number of fused-ring (bicyclic) bond motifs is 1. The number of ether oxygens (including phenoxy) is 1. The van der Waals surface area contributed by atoms with E-state index < -0.39 is 0 Å². The van der Waals surface area contributed by atoms with Gasteiger partial charge < -0.3 is 9.30 Å². The Hall–Kier alpha value is -1.69. The first-order valence-electron chi connectivity index (χ1n) is 5.39. The summed E-state index contributed by atoms with van der Waals surface area (Å²) in [5, 5.41) is 12.6. The lowest BCUT2D eigenvalue weighted by Gasteiger charge is -2.06. The lowest BCUT2D eigenvalue weighted by molar-refractivity contribution is 0.139.